The molecule has 0 amide bonds. The van der Waals surface area contributed by atoms with Gasteiger partial charge in [0, 0.05) is 40.3 Å². The Morgan fingerprint density at radius 2 is 1.75 bits per heavy atom. The zero-order chi connectivity index (χ0) is 23.8. The molecule has 1 unspecified atom stereocenters. The van der Waals surface area contributed by atoms with Crippen LogP contribution in [-0.2, 0) is 16.2 Å². The SMILES string of the molecule is CC(c1nc(N)nc(N(C)C)n1)N1CCN(S(=O)(=O)c2ccc(Cl)c(C(F)(F)F)c2)CC1. The van der Waals surface area contributed by atoms with E-state index in [1.54, 1.807) is 19.0 Å². The van der Waals surface area contributed by atoms with E-state index < -0.39 is 31.7 Å². The molecule has 2 aromatic rings. The summed E-state index contributed by atoms with van der Waals surface area (Å²) in [5.74, 6) is 0.934. The second-order valence-corrected chi connectivity index (χ2v) is 9.85. The van der Waals surface area contributed by atoms with Crippen molar-refractivity contribution in [1.82, 2.24) is 24.2 Å². The van der Waals surface area contributed by atoms with Gasteiger partial charge in [0.1, 0.15) is 0 Å². The number of piperazine rings is 1. The highest BCUT2D eigenvalue weighted by Crippen LogP contribution is 2.36. The molecule has 0 spiro atoms. The highest BCUT2D eigenvalue weighted by Gasteiger charge is 2.36. The Labute approximate surface area is 189 Å². The van der Waals surface area contributed by atoms with Gasteiger partial charge < -0.3 is 10.6 Å². The zero-order valence-electron chi connectivity index (χ0n) is 17.6. The van der Waals surface area contributed by atoms with Gasteiger partial charge in [0.2, 0.25) is 21.9 Å². The summed E-state index contributed by atoms with van der Waals surface area (Å²) in [6.07, 6.45) is -4.76. The number of benzene rings is 1. The maximum absolute atomic E-state index is 13.1. The maximum atomic E-state index is 13.1. The number of hydrogen-bond acceptors (Lipinski definition) is 8. The molecule has 32 heavy (non-hydrogen) atoms. The van der Waals surface area contributed by atoms with Gasteiger partial charge in [-0.15, -0.1) is 0 Å². The molecule has 14 heteroatoms. The van der Waals surface area contributed by atoms with E-state index in [1.807, 2.05) is 11.8 Å². The fourth-order valence-corrected chi connectivity index (χ4v) is 4.98. The highest BCUT2D eigenvalue weighted by atomic mass is 35.5. The second-order valence-electron chi connectivity index (χ2n) is 7.50. The lowest BCUT2D eigenvalue weighted by molar-refractivity contribution is -0.137. The van der Waals surface area contributed by atoms with Crippen LogP contribution in [0.25, 0.3) is 0 Å². The Hall–Kier alpha value is -2.22. The van der Waals surface area contributed by atoms with E-state index in [0.717, 1.165) is 16.4 Å². The minimum Gasteiger partial charge on any atom is -0.368 e. The average Bonchev–Trinajstić information content (AvgIpc) is 2.72. The number of aromatic nitrogens is 3. The molecule has 0 radical (unpaired) electrons. The summed E-state index contributed by atoms with van der Waals surface area (Å²) in [5.41, 5.74) is 4.59. The van der Waals surface area contributed by atoms with Crippen molar-refractivity contribution in [3.63, 3.8) is 0 Å². The Bertz CT molecular complexity index is 1090. The van der Waals surface area contributed by atoms with Gasteiger partial charge in [-0.3, -0.25) is 4.90 Å². The minimum absolute atomic E-state index is 0.0787. The normalized spacial score (nSPS) is 17.3. The minimum atomic E-state index is -4.76. The van der Waals surface area contributed by atoms with E-state index in [4.69, 9.17) is 17.3 Å². The number of sulfonamides is 1. The Morgan fingerprint density at radius 3 is 2.31 bits per heavy atom. The van der Waals surface area contributed by atoms with Crippen molar-refractivity contribution >= 4 is 33.5 Å². The van der Waals surface area contributed by atoms with Crippen molar-refractivity contribution in [1.29, 1.82) is 0 Å². The molecule has 0 aliphatic carbocycles. The first-order chi connectivity index (χ1) is 14.8. The predicted octanol–water partition coefficient (Wildman–Crippen LogP) is 2.26. The third kappa shape index (κ3) is 5.05. The third-order valence-electron chi connectivity index (χ3n) is 5.13. The molecule has 1 saturated heterocycles. The first-order valence-electron chi connectivity index (χ1n) is 9.60. The highest BCUT2D eigenvalue weighted by molar-refractivity contribution is 7.89. The summed E-state index contributed by atoms with van der Waals surface area (Å²) < 4.78 is 66.4. The van der Waals surface area contributed by atoms with E-state index >= 15 is 0 Å². The number of nitrogen functional groups attached to an aromatic ring is 1. The van der Waals surface area contributed by atoms with E-state index in [0.29, 0.717) is 30.9 Å². The van der Waals surface area contributed by atoms with Crippen molar-refractivity contribution < 1.29 is 21.6 Å². The summed E-state index contributed by atoms with van der Waals surface area (Å²) in [4.78, 5) is 15.9. The van der Waals surface area contributed by atoms with Gasteiger partial charge >= 0.3 is 6.18 Å². The molecule has 1 aromatic carbocycles. The molecule has 1 aliphatic rings. The van der Waals surface area contributed by atoms with Crippen LogP contribution in [0.2, 0.25) is 5.02 Å². The predicted molar refractivity (Wildman–Crippen MR) is 114 cm³/mol. The van der Waals surface area contributed by atoms with Gasteiger partial charge in [-0.05, 0) is 25.1 Å². The fraction of sp³-hybridized carbons (Fsp3) is 0.500. The summed E-state index contributed by atoms with van der Waals surface area (Å²) in [6.45, 7) is 2.73. The molecule has 0 bridgehead atoms. The molecule has 9 nitrogen and oxygen atoms in total. The fourth-order valence-electron chi connectivity index (χ4n) is 3.31. The standard InChI is InChI=1S/C18H23ClF3N7O2S/c1-11(15-24-16(23)26-17(25-15)27(2)3)28-6-8-29(9-7-28)32(30,31)12-4-5-14(19)13(10-12)18(20,21)22/h4-5,10-11H,6-9H2,1-3H3,(H2,23,24,25,26). The van der Waals surface area contributed by atoms with Crippen LogP contribution in [0.5, 0.6) is 0 Å². The van der Waals surface area contributed by atoms with Crippen molar-refractivity contribution in [2.45, 2.75) is 24.0 Å². The van der Waals surface area contributed by atoms with Crippen LogP contribution >= 0.6 is 11.6 Å². The number of anilines is 2. The van der Waals surface area contributed by atoms with Crippen molar-refractivity contribution in [2.75, 3.05) is 50.9 Å². The monoisotopic (exact) mass is 493 g/mol. The van der Waals surface area contributed by atoms with Gasteiger partial charge in [-0.2, -0.15) is 32.4 Å². The summed E-state index contributed by atoms with van der Waals surface area (Å²) >= 11 is 5.61. The summed E-state index contributed by atoms with van der Waals surface area (Å²) in [7, 11) is -0.577. The lowest BCUT2D eigenvalue weighted by Gasteiger charge is -2.36. The zero-order valence-corrected chi connectivity index (χ0v) is 19.2. The average molecular weight is 494 g/mol. The molecule has 1 fully saturated rings. The van der Waals surface area contributed by atoms with Crippen LogP contribution in [0.3, 0.4) is 0 Å². The van der Waals surface area contributed by atoms with E-state index in [1.165, 1.54) is 0 Å². The van der Waals surface area contributed by atoms with Crippen LogP contribution in [0.4, 0.5) is 25.1 Å². The number of nitrogens with two attached hydrogens (primary N) is 1. The van der Waals surface area contributed by atoms with Gasteiger partial charge in [0.15, 0.2) is 5.82 Å². The molecule has 0 saturated carbocycles. The first kappa shape index (κ1) is 24.4. The molecule has 1 aliphatic heterocycles. The van der Waals surface area contributed by atoms with E-state index in [-0.39, 0.29) is 25.1 Å². The first-order valence-corrected chi connectivity index (χ1v) is 11.4. The number of nitrogens with zero attached hydrogens (tertiary/aromatic N) is 6. The molecular formula is C18H23ClF3N7O2S. The van der Waals surface area contributed by atoms with Crippen molar-refractivity contribution in [3.05, 3.63) is 34.6 Å². The van der Waals surface area contributed by atoms with Crippen LogP contribution in [0.15, 0.2) is 23.1 Å². The topological polar surface area (TPSA) is 109 Å². The Balaban J connectivity index is 1.76. The molecule has 1 atom stereocenters. The Kier molecular flexibility index (Phi) is 6.84. The third-order valence-corrected chi connectivity index (χ3v) is 7.36. The van der Waals surface area contributed by atoms with Crippen molar-refractivity contribution in [3.8, 4) is 0 Å². The lowest BCUT2D eigenvalue weighted by atomic mass is 10.2. The van der Waals surface area contributed by atoms with Gasteiger partial charge in [-0.25, -0.2) is 8.42 Å². The van der Waals surface area contributed by atoms with E-state index in [9.17, 15) is 21.6 Å². The number of hydrogen-bond donors (Lipinski definition) is 1. The van der Waals surface area contributed by atoms with E-state index in [2.05, 4.69) is 15.0 Å². The van der Waals surface area contributed by atoms with Crippen LogP contribution < -0.4 is 10.6 Å². The van der Waals surface area contributed by atoms with Gasteiger partial charge in [0.05, 0.1) is 21.5 Å². The molecule has 176 valence electrons. The summed E-state index contributed by atoms with van der Waals surface area (Å²) in [6, 6.07) is 2.33. The van der Waals surface area contributed by atoms with Crippen LogP contribution in [0, 0.1) is 0 Å². The van der Waals surface area contributed by atoms with Crippen molar-refractivity contribution in [2.24, 2.45) is 0 Å². The quantitative estimate of drug-likeness (QED) is 0.675. The Morgan fingerprint density at radius 1 is 1.12 bits per heavy atom. The second kappa shape index (κ2) is 8.96. The molecule has 1 aromatic heterocycles. The molecule has 3 rings (SSSR count). The lowest BCUT2D eigenvalue weighted by Crippen LogP contribution is -2.49. The molecule has 2 N–H and O–H groups in total. The molecule has 2 heterocycles. The van der Waals surface area contributed by atoms with Gasteiger partial charge in [-0.1, -0.05) is 11.6 Å². The van der Waals surface area contributed by atoms with Crippen LogP contribution in [-0.4, -0.2) is 72.8 Å². The van der Waals surface area contributed by atoms with Gasteiger partial charge in [0.25, 0.3) is 0 Å². The number of halogens is 4. The number of rotatable bonds is 5. The van der Waals surface area contributed by atoms with Crippen LogP contribution in [0.1, 0.15) is 24.4 Å². The number of alkyl halides is 3. The smallest absolute Gasteiger partial charge is 0.368 e. The largest absolute Gasteiger partial charge is 0.417 e. The summed E-state index contributed by atoms with van der Waals surface area (Å²) in [5, 5.41) is -0.552. The molecular weight excluding hydrogens is 471 g/mol. The maximum Gasteiger partial charge on any atom is 0.417 e.